The van der Waals surface area contributed by atoms with Crippen molar-refractivity contribution in [1.29, 1.82) is 0 Å². The van der Waals surface area contributed by atoms with Gasteiger partial charge in [-0.15, -0.1) is 0 Å². The Morgan fingerprint density at radius 2 is 1.64 bits per heavy atom. The van der Waals surface area contributed by atoms with Crippen LogP contribution in [0.1, 0.15) is 44.6 Å². The van der Waals surface area contributed by atoms with Gasteiger partial charge in [-0.25, -0.2) is 8.42 Å². The fourth-order valence-corrected chi connectivity index (χ4v) is 6.87. The van der Waals surface area contributed by atoms with E-state index in [2.05, 4.69) is 5.32 Å². The van der Waals surface area contributed by atoms with Crippen LogP contribution in [0.2, 0.25) is 10.0 Å². The molecule has 8 nitrogen and oxygen atoms in total. The minimum absolute atomic E-state index is 0.00432. The Labute approximate surface area is 257 Å². The van der Waals surface area contributed by atoms with Gasteiger partial charge < -0.3 is 15.0 Å². The van der Waals surface area contributed by atoms with Gasteiger partial charge in [-0.3, -0.25) is 13.9 Å². The zero-order valence-electron chi connectivity index (χ0n) is 23.6. The third-order valence-corrected chi connectivity index (χ3v) is 9.82. The van der Waals surface area contributed by atoms with E-state index >= 15 is 0 Å². The first-order chi connectivity index (χ1) is 20.1. The lowest BCUT2D eigenvalue weighted by atomic mass is 9.95. The highest BCUT2D eigenvalue weighted by Gasteiger charge is 2.33. The first-order valence-electron chi connectivity index (χ1n) is 13.9. The number of anilines is 1. The Hall–Kier alpha value is -3.27. The summed E-state index contributed by atoms with van der Waals surface area (Å²) >= 11 is 12.5. The number of sulfonamides is 1. The molecule has 3 aromatic carbocycles. The summed E-state index contributed by atoms with van der Waals surface area (Å²) in [4.78, 5) is 28.9. The van der Waals surface area contributed by atoms with Crippen molar-refractivity contribution in [3.63, 3.8) is 0 Å². The Balaban J connectivity index is 1.67. The molecule has 1 fully saturated rings. The number of halogens is 2. The monoisotopic (exact) mass is 631 g/mol. The molecule has 11 heteroatoms. The van der Waals surface area contributed by atoms with Crippen molar-refractivity contribution in [2.24, 2.45) is 0 Å². The molecule has 0 spiro atoms. The quantitative estimate of drug-likeness (QED) is 0.277. The van der Waals surface area contributed by atoms with E-state index in [-0.39, 0.29) is 23.4 Å². The van der Waals surface area contributed by atoms with E-state index in [9.17, 15) is 18.0 Å². The van der Waals surface area contributed by atoms with Gasteiger partial charge in [0.25, 0.3) is 10.0 Å². The number of hydrogen-bond acceptors (Lipinski definition) is 5. The molecular weight excluding hydrogens is 597 g/mol. The number of nitrogens with one attached hydrogen (secondary N) is 1. The average Bonchev–Trinajstić information content (AvgIpc) is 3.00. The molecule has 1 saturated carbocycles. The van der Waals surface area contributed by atoms with Crippen molar-refractivity contribution in [2.75, 3.05) is 18.0 Å². The number of carbonyl (C=O) groups excluding carboxylic acids is 2. The van der Waals surface area contributed by atoms with Crippen molar-refractivity contribution in [3.05, 3.63) is 88.4 Å². The van der Waals surface area contributed by atoms with E-state index in [4.69, 9.17) is 27.9 Å². The van der Waals surface area contributed by atoms with Crippen molar-refractivity contribution in [3.8, 4) is 5.75 Å². The van der Waals surface area contributed by atoms with Gasteiger partial charge in [0.1, 0.15) is 18.3 Å². The number of nitrogens with zero attached hydrogens (tertiary/aromatic N) is 2. The summed E-state index contributed by atoms with van der Waals surface area (Å²) in [6.45, 7) is 1.09. The molecule has 4 rings (SSSR count). The molecule has 0 saturated heterocycles. The number of amides is 2. The number of rotatable bonds is 11. The summed E-state index contributed by atoms with van der Waals surface area (Å²) < 4.78 is 34.0. The Morgan fingerprint density at radius 3 is 2.26 bits per heavy atom. The molecule has 3 aromatic rings. The average molecular weight is 633 g/mol. The normalized spacial score (nSPS) is 14.6. The second-order valence-corrected chi connectivity index (χ2v) is 13.0. The Kier molecular flexibility index (Phi) is 10.8. The van der Waals surface area contributed by atoms with Gasteiger partial charge in [-0.1, -0.05) is 66.7 Å². The summed E-state index contributed by atoms with van der Waals surface area (Å²) in [5.74, 6) is -0.363. The van der Waals surface area contributed by atoms with Crippen LogP contribution < -0.4 is 14.4 Å². The Morgan fingerprint density at radius 1 is 0.976 bits per heavy atom. The molecule has 1 aliphatic carbocycles. The topological polar surface area (TPSA) is 96.0 Å². The maximum absolute atomic E-state index is 14.1. The summed E-state index contributed by atoms with van der Waals surface area (Å²) in [6.07, 6.45) is 4.99. The Bertz CT molecular complexity index is 1480. The number of hydrogen-bond donors (Lipinski definition) is 1. The molecule has 0 heterocycles. The van der Waals surface area contributed by atoms with E-state index < -0.39 is 28.5 Å². The van der Waals surface area contributed by atoms with E-state index in [1.165, 1.54) is 24.1 Å². The van der Waals surface area contributed by atoms with Gasteiger partial charge in [-0.2, -0.15) is 0 Å². The fourth-order valence-electron chi connectivity index (χ4n) is 4.98. The van der Waals surface area contributed by atoms with Crippen molar-refractivity contribution < 1.29 is 22.7 Å². The highest BCUT2D eigenvalue weighted by atomic mass is 35.5. The van der Waals surface area contributed by atoms with E-state index in [0.717, 1.165) is 36.4 Å². The minimum atomic E-state index is -4.18. The van der Waals surface area contributed by atoms with Crippen LogP contribution in [0.4, 0.5) is 5.69 Å². The molecule has 42 heavy (non-hydrogen) atoms. The summed E-state index contributed by atoms with van der Waals surface area (Å²) in [5, 5.41) is 3.86. The predicted octanol–water partition coefficient (Wildman–Crippen LogP) is 6.06. The maximum Gasteiger partial charge on any atom is 0.264 e. The van der Waals surface area contributed by atoms with E-state index in [0.29, 0.717) is 27.0 Å². The zero-order valence-corrected chi connectivity index (χ0v) is 26.0. The van der Waals surface area contributed by atoms with Crippen LogP contribution in [0.15, 0.2) is 77.7 Å². The van der Waals surface area contributed by atoms with E-state index in [1.54, 1.807) is 67.6 Å². The molecule has 0 unspecified atom stereocenters. The largest absolute Gasteiger partial charge is 0.497 e. The van der Waals surface area contributed by atoms with Gasteiger partial charge in [0.2, 0.25) is 11.8 Å². The number of benzene rings is 3. The van der Waals surface area contributed by atoms with Gasteiger partial charge in [0, 0.05) is 22.6 Å². The number of para-hydroxylation sites is 1. The third-order valence-electron chi connectivity index (χ3n) is 7.45. The highest BCUT2D eigenvalue weighted by Crippen LogP contribution is 2.27. The van der Waals surface area contributed by atoms with E-state index in [1.807, 2.05) is 0 Å². The van der Waals surface area contributed by atoms with Crippen LogP contribution in [0, 0.1) is 0 Å². The van der Waals surface area contributed by atoms with Gasteiger partial charge in [0.05, 0.1) is 17.7 Å². The molecule has 1 atom stereocenters. The molecule has 2 amide bonds. The molecule has 224 valence electrons. The highest BCUT2D eigenvalue weighted by molar-refractivity contribution is 7.92. The zero-order chi connectivity index (χ0) is 30.3. The van der Waals surface area contributed by atoms with Crippen LogP contribution in [-0.2, 0) is 26.2 Å². The predicted molar refractivity (Wildman–Crippen MR) is 165 cm³/mol. The molecule has 0 radical (unpaired) electrons. The lowest BCUT2D eigenvalue weighted by Crippen LogP contribution is -2.53. The standard InChI is InChI=1S/C31H35Cl2N3O5S/c1-22(31(38)34-25-9-5-3-6-10-25)35(20-23-13-14-24(32)19-29(23)33)30(37)21-36(26-11-7-4-8-12-26)42(39,40)28-17-15-27(41-2)16-18-28/h4,7-8,11-19,22,25H,3,5-6,9-10,20-21H2,1-2H3,(H,34,38)/t22-/m1/s1. The van der Waals surface area contributed by atoms with Crippen LogP contribution >= 0.6 is 23.2 Å². The van der Waals surface area contributed by atoms with Gasteiger partial charge in [-0.05, 0) is 73.9 Å². The third kappa shape index (κ3) is 7.76. The molecular formula is C31H35Cl2N3O5S. The molecule has 0 bridgehead atoms. The molecule has 0 aromatic heterocycles. The van der Waals surface area contributed by atoms with Crippen molar-refractivity contribution >= 4 is 50.7 Å². The minimum Gasteiger partial charge on any atom is -0.497 e. The molecule has 0 aliphatic heterocycles. The van der Waals surface area contributed by atoms with Crippen molar-refractivity contribution in [2.45, 2.75) is 62.6 Å². The van der Waals surface area contributed by atoms with Crippen LogP contribution in [-0.4, -0.2) is 50.9 Å². The van der Waals surface area contributed by atoms with Crippen LogP contribution in [0.5, 0.6) is 5.75 Å². The number of ether oxygens (including phenoxy) is 1. The fraction of sp³-hybridized carbons (Fsp3) is 0.355. The van der Waals surface area contributed by atoms with Crippen molar-refractivity contribution in [1.82, 2.24) is 10.2 Å². The van der Waals surface area contributed by atoms with Gasteiger partial charge in [0.15, 0.2) is 0 Å². The second kappa shape index (κ2) is 14.3. The first-order valence-corrected chi connectivity index (χ1v) is 16.1. The first kappa shape index (κ1) is 31.7. The summed E-state index contributed by atoms with van der Waals surface area (Å²) in [7, 11) is -2.69. The summed E-state index contributed by atoms with van der Waals surface area (Å²) in [5.41, 5.74) is 0.890. The lowest BCUT2D eigenvalue weighted by molar-refractivity contribution is -0.139. The number of carbonyl (C=O) groups is 2. The summed E-state index contributed by atoms with van der Waals surface area (Å²) in [6, 6.07) is 18.4. The second-order valence-electron chi connectivity index (χ2n) is 10.3. The smallest absolute Gasteiger partial charge is 0.264 e. The van der Waals surface area contributed by atoms with Crippen LogP contribution in [0.3, 0.4) is 0 Å². The number of methoxy groups -OCH3 is 1. The van der Waals surface area contributed by atoms with Gasteiger partial charge >= 0.3 is 0 Å². The van der Waals surface area contributed by atoms with Crippen LogP contribution in [0.25, 0.3) is 0 Å². The molecule has 1 N–H and O–H groups in total. The maximum atomic E-state index is 14.1. The SMILES string of the molecule is COc1ccc(S(=O)(=O)N(CC(=O)N(Cc2ccc(Cl)cc2Cl)[C@H](C)C(=O)NC2CCCCC2)c2ccccc2)cc1. The molecule has 1 aliphatic rings. The lowest BCUT2D eigenvalue weighted by Gasteiger charge is -2.33.